The Morgan fingerprint density at radius 1 is 1.03 bits per heavy atom. The molecule has 9 nitrogen and oxygen atoms in total. The first-order valence-electron chi connectivity index (χ1n) is 8.96. The van der Waals surface area contributed by atoms with Crippen molar-refractivity contribution in [1.29, 1.82) is 0 Å². The molecule has 0 saturated heterocycles. The molecule has 0 aliphatic carbocycles. The van der Waals surface area contributed by atoms with E-state index in [1.807, 2.05) is 42.5 Å². The maximum atomic E-state index is 12.9. The third-order valence-electron chi connectivity index (χ3n) is 4.56. The molecule has 2 heterocycles. The molecule has 1 amide bonds. The van der Waals surface area contributed by atoms with Gasteiger partial charge in [-0.2, -0.15) is 10.2 Å². The molecule has 0 bridgehead atoms. The van der Waals surface area contributed by atoms with Crippen molar-refractivity contribution in [3.63, 3.8) is 0 Å². The quantitative estimate of drug-likeness (QED) is 0.530. The van der Waals surface area contributed by atoms with E-state index < -0.39 is 5.69 Å². The van der Waals surface area contributed by atoms with Gasteiger partial charge in [-0.05, 0) is 6.07 Å². The Labute approximate surface area is 164 Å². The van der Waals surface area contributed by atoms with Crippen LogP contribution in [0.5, 0.6) is 0 Å². The number of amides is 1. The largest absolute Gasteiger partial charge is 0.340 e. The lowest BCUT2D eigenvalue weighted by molar-refractivity contribution is -0.131. The zero-order valence-corrected chi connectivity index (χ0v) is 15.6. The summed E-state index contributed by atoms with van der Waals surface area (Å²) in [7, 11) is 1.57. The van der Waals surface area contributed by atoms with Crippen LogP contribution >= 0.6 is 0 Å². The third kappa shape index (κ3) is 3.70. The Morgan fingerprint density at radius 3 is 2.41 bits per heavy atom. The zero-order chi connectivity index (χ0) is 20.4. The lowest BCUT2D eigenvalue weighted by atomic mass is 10.1. The number of carbonyl (C=O) groups excluding carboxylic acids is 1. The minimum atomic E-state index is -0.444. The fourth-order valence-electron chi connectivity index (χ4n) is 3.09. The van der Waals surface area contributed by atoms with E-state index in [1.54, 1.807) is 19.2 Å². The van der Waals surface area contributed by atoms with E-state index in [0.717, 1.165) is 10.9 Å². The van der Waals surface area contributed by atoms with E-state index in [0.29, 0.717) is 16.9 Å². The SMILES string of the molecule is CN(Cc1n[nH]c(=O)[nH]1)C(=O)Cn1nc(-c2ccccc2)c2ccccc2c1=O. The van der Waals surface area contributed by atoms with Crippen molar-refractivity contribution in [2.24, 2.45) is 0 Å². The Morgan fingerprint density at radius 2 is 1.72 bits per heavy atom. The first kappa shape index (κ1) is 18.4. The number of likely N-dealkylation sites (N-methyl/N-ethyl adjacent to an activating group) is 1. The van der Waals surface area contributed by atoms with Crippen LogP contribution in [0, 0.1) is 0 Å². The summed E-state index contributed by atoms with van der Waals surface area (Å²) in [5.41, 5.74) is 0.705. The van der Waals surface area contributed by atoms with Gasteiger partial charge in [0.05, 0.1) is 17.6 Å². The Kier molecular flexibility index (Phi) is 4.78. The predicted octanol–water partition coefficient (Wildman–Crippen LogP) is 1.13. The van der Waals surface area contributed by atoms with Crippen molar-refractivity contribution in [3.8, 4) is 11.3 Å². The second-order valence-corrected chi connectivity index (χ2v) is 6.60. The van der Waals surface area contributed by atoms with Gasteiger partial charge in [0.15, 0.2) is 5.82 Å². The average molecular weight is 390 g/mol. The number of fused-ring (bicyclic) bond motifs is 1. The molecule has 0 fully saturated rings. The molecule has 0 unspecified atom stereocenters. The van der Waals surface area contributed by atoms with Crippen molar-refractivity contribution in [2.75, 3.05) is 7.05 Å². The average Bonchev–Trinajstić information content (AvgIpc) is 3.15. The van der Waals surface area contributed by atoms with Crippen molar-refractivity contribution in [3.05, 3.63) is 81.3 Å². The van der Waals surface area contributed by atoms with Crippen LogP contribution in [-0.4, -0.2) is 42.8 Å². The monoisotopic (exact) mass is 390 g/mol. The summed E-state index contributed by atoms with van der Waals surface area (Å²) >= 11 is 0. The Bertz CT molecular complexity index is 1290. The minimum Gasteiger partial charge on any atom is -0.337 e. The first-order chi connectivity index (χ1) is 14.0. The molecule has 2 aromatic heterocycles. The normalized spacial score (nSPS) is 10.9. The highest BCUT2D eigenvalue weighted by molar-refractivity contribution is 5.93. The number of rotatable bonds is 5. The number of nitrogens with one attached hydrogen (secondary N) is 2. The number of H-pyrrole nitrogens is 2. The van der Waals surface area contributed by atoms with Crippen molar-refractivity contribution < 1.29 is 4.79 Å². The number of carbonyl (C=O) groups is 1. The molecule has 4 rings (SSSR count). The van der Waals surface area contributed by atoms with E-state index in [9.17, 15) is 14.4 Å². The molecule has 4 aromatic rings. The fraction of sp³-hybridized carbons (Fsp3) is 0.150. The number of aromatic amines is 2. The van der Waals surface area contributed by atoms with E-state index >= 15 is 0 Å². The second-order valence-electron chi connectivity index (χ2n) is 6.60. The maximum Gasteiger partial charge on any atom is 0.340 e. The van der Waals surface area contributed by atoms with Gasteiger partial charge in [0.2, 0.25) is 5.91 Å². The van der Waals surface area contributed by atoms with Gasteiger partial charge in [-0.3, -0.25) is 14.6 Å². The van der Waals surface area contributed by atoms with Crippen LogP contribution in [0.2, 0.25) is 0 Å². The minimum absolute atomic E-state index is 0.103. The van der Waals surface area contributed by atoms with Gasteiger partial charge < -0.3 is 4.90 Å². The summed E-state index contributed by atoms with van der Waals surface area (Å²) in [6, 6.07) is 16.7. The van der Waals surface area contributed by atoms with Crippen LogP contribution in [-0.2, 0) is 17.9 Å². The van der Waals surface area contributed by atoms with Gasteiger partial charge in [0, 0.05) is 18.0 Å². The summed E-state index contributed by atoms with van der Waals surface area (Å²) in [5.74, 6) is -0.00705. The zero-order valence-electron chi connectivity index (χ0n) is 15.6. The summed E-state index contributed by atoms with van der Waals surface area (Å²) < 4.78 is 1.18. The third-order valence-corrected chi connectivity index (χ3v) is 4.56. The molecule has 0 atom stereocenters. The van der Waals surface area contributed by atoms with Crippen molar-refractivity contribution >= 4 is 16.7 Å². The molecule has 0 spiro atoms. The van der Waals surface area contributed by atoms with Gasteiger partial charge in [0.1, 0.15) is 6.54 Å². The fourth-order valence-corrected chi connectivity index (χ4v) is 3.09. The molecular formula is C20H18N6O3. The van der Waals surface area contributed by atoms with E-state index in [2.05, 4.69) is 20.3 Å². The number of hydrogen-bond acceptors (Lipinski definition) is 5. The molecule has 0 radical (unpaired) electrons. The van der Waals surface area contributed by atoms with Gasteiger partial charge in [-0.25, -0.2) is 14.6 Å². The first-order valence-corrected chi connectivity index (χ1v) is 8.96. The lowest BCUT2D eigenvalue weighted by Gasteiger charge is -2.17. The number of benzene rings is 2. The summed E-state index contributed by atoms with van der Waals surface area (Å²) in [4.78, 5) is 40.6. The molecule has 2 N–H and O–H groups in total. The predicted molar refractivity (Wildman–Crippen MR) is 107 cm³/mol. The van der Waals surface area contributed by atoms with E-state index in [1.165, 1.54) is 9.58 Å². The van der Waals surface area contributed by atoms with Crippen LogP contribution < -0.4 is 11.2 Å². The van der Waals surface area contributed by atoms with Gasteiger partial charge in [0.25, 0.3) is 5.56 Å². The molecule has 0 aliphatic rings. The highest BCUT2D eigenvalue weighted by atomic mass is 16.2. The summed E-state index contributed by atoms with van der Waals surface area (Å²) in [5, 5.41) is 11.7. The van der Waals surface area contributed by atoms with Crippen LogP contribution in [0.15, 0.2) is 64.2 Å². The molecule has 0 aliphatic heterocycles. The van der Waals surface area contributed by atoms with Crippen LogP contribution in [0.3, 0.4) is 0 Å². The standard InChI is InChI=1S/C20H18N6O3/c1-25(11-16-21-20(29)23-22-16)17(27)12-26-19(28)15-10-6-5-9-14(15)18(24-26)13-7-3-2-4-8-13/h2-10H,11-12H2,1H3,(H2,21,22,23,29). The van der Waals surface area contributed by atoms with Gasteiger partial charge >= 0.3 is 5.69 Å². The van der Waals surface area contributed by atoms with E-state index in [-0.39, 0.29) is 24.6 Å². The second kappa shape index (κ2) is 7.55. The molecule has 9 heteroatoms. The van der Waals surface area contributed by atoms with Crippen molar-refractivity contribution in [1.82, 2.24) is 29.9 Å². The summed E-state index contributed by atoms with van der Waals surface area (Å²) in [6.45, 7) is -0.125. The molecule has 146 valence electrons. The molecular weight excluding hydrogens is 372 g/mol. The van der Waals surface area contributed by atoms with Crippen LogP contribution in [0.25, 0.3) is 22.0 Å². The molecule has 0 saturated carbocycles. The highest BCUT2D eigenvalue weighted by Gasteiger charge is 2.17. The van der Waals surface area contributed by atoms with Crippen LogP contribution in [0.4, 0.5) is 0 Å². The van der Waals surface area contributed by atoms with Crippen LogP contribution in [0.1, 0.15) is 5.82 Å². The molecule has 29 heavy (non-hydrogen) atoms. The lowest BCUT2D eigenvalue weighted by Crippen LogP contribution is -2.35. The van der Waals surface area contributed by atoms with Gasteiger partial charge in [-0.15, -0.1) is 0 Å². The Balaban J connectivity index is 1.70. The Hall–Kier alpha value is -4.01. The number of aromatic nitrogens is 5. The molecule has 2 aromatic carbocycles. The number of hydrogen-bond donors (Lipinski definition) is 2. The number of nitrogens with zero attached hydrogens (tertiary/aromatic N) is 4. The maximum absolute atomic E-state index is 12.9. The topological polar surface area (TPSA) is 117 Å². The smallest absolute Gasteiger partial charge is 0.337 e. The van der Waals surface area contributed by atoms with Gasteiger partial charge in [-0.1, -0.05) is 48.5 Å². The summed E-state index contributed by atoms with van der Waals surface area (Å²) in [6.07, 6.45) is 0. The highest BCUT2D eigenvalue weighted by Crippen LogP contribution is 2.24. The van der Waals surface area contributed by atoms with Crippen molar-refractivity contribution in [2.45, 2.75) is 13.1 Å². The van der Waals surface area contributed by atoms with E-state index in [4.69, 9.17) is 0 Å².